The molecule has 0 amide bonds. The van der Waals surface area contributed by atoms with Crippen LogP contribution in [0.3, 0.4) is 0 Å². The number of halogens is 4. The molecule has 0 spiro atoms. The lowest BCUT2D eigenvalue weighted by molar-refractivity contribution is 0.282. The highest BCUT2D eigenvalue weighted by Gasteiger charge is 2.13. The zero-order valence-electron chi connectivity index (χ0n) is 16.3. The first kappa shape index (κ1) is 22.9. The quantitative estimate of drug-likeness (QED) is 0.325. The van der Waals surface area contributed by atoms with E-state index >= 15 is 0 Å². The lowest BCUT2D eigenvalue weighted by Crippen LogP contribution is -2.03. The minimum atomic E-state index is 0.327. The highest BCUT2D eigenvalue weighted by molar-refractivity contribution is 9.10. The van der Waals surface area contributed by atoms with E-state index in [0.717, 1.165) is 21.3 Å². The highest BCUT2D eigenvalue weighted by atomic mass is 79.9. The van der Waals surface area contributed by atoms with Crippen molar-refractivity contribution in [2.24, 2.45) is 0 Å². The Morgan fingerprint density at radius 1 is 0.800 bits per heavy atom. The van der Waals surface area contributed by atoms with Crippen LogP contribution in [0.4, 0.5) is 5.69 Å². The third kappa shape index (κ3) is 5.67. The average Bonchev–Trinajstić information content (AvgIpc) is 2.73. The molecule has 158 valence electrons. The summed E-state index contributed by atoms with van der Waals surface area (Å²) in [6.45, 7) is 0.901. The summed E-state index contributed by atoms with van der Waals surface area (Å²) in [5.74, 6) is 1.86. The van der Waals surface area contributed by atoms with E-state index in [1.807, 2.05) is 36.4 Å². The van der Waals surface area contributed by atoms with Gasteiger partial charge in [-0.3, -0.25) is 0 Å². The van der Waals surface area contributed by atoms with E-state index in [9.17, 15) is 0 Å². The number of hydrogen-bond donors (Lipinski definition) is 1. The van der Waals surface area contributed by atoms with Crippen LogP contribution in [0.1, 0.15) is 11.1 Å². The molecule has 0 heterocycles. The molecule has 0 saturated heterocycles. The van der Waals surface area contributed by atoms with Gasteiger partial charge in [0.1, 0.15) is 12.4 Å². The molecule has 0 radical (unpaired) electrons. The van der Waals surface area contributed by atoms with Crippen molar-refractivity contribution in [3.63, 3.8) is 0 Å². The summed E-state index contributed by atoms with van der Waals surface area (Å²) in [5, 5.41) is 4.88. The van der Waals surface area contributed by atoms with Gasteiger partial charge in [0.25, 0.3) is 0 Å². The van der Waals surface area contributed by atoms with Gasteiger partial charge in [-0.25, -0.2) is 0 Å². The van der Waals surface area contributed by atoms with E-state index in [0.29, 0.717) is 45.5 Å². The Balaban J connectivity index is 1.71. The van der Waals surface area contributed by atoms with Crippen LogP contribution in [0.2, 0.25) is 15.1 Å². The molecule has 3 aromatic carbocycles. The van der Waals surface area contributed by atoms with E-state index < -0.39 is 0 Å². The van der Waals surface area contributed by atoms with Crippen molar-refractivity contribution in [1.82, 2.24) is 0 Å². The van der Waals surface area contributed by atoms with E-state index in [-0.39, 0.29) is 0 Å². The second kappa shape index (κ2) is 10.5. The van der Waals surface area contributed by atoms with Crippen molar-refractivity contribution in [1.29, 1.82) is 0 Å². The molecular weight excluding hydrogens is 513 g/mol. The van der Waals surface area contributed by atoms with Gasteiger partial charge in [-0.1, -0.05) is 40.9 Å². The number of benzene rings is 3. The Hall–Kier alpha value is -1.79. The van der Waals surface area contributed by atoms with Gasteiger partial charge in [0.2, 0.25) is 0 Å². The van der Waals surface area contributed by atoms with Gasteiger partial charge in [-0.15, -0.1) is 0 Å². The Morgan fingerprint density at radius 3 is 2.23 bits per heavy atom. The molecule has 3 rings (SSSR count). The lowest BCUT2D eigenvalue weighted by atomic mass is 10.2. The van der Waals surface area contributed by atoms with Crippen molar-refractivity contribution < 1.29 is 14.2 Å². The first-order valence-electron chi connectivity index (χ1n) is 8.91. The van der Waals surface area contributed by atoms with Gasteiger partial charge in [0.05, 0.1) is 33.8 Å². The molecule has 0 atom stereocenters. The minimum Gasteiger partial charge on any atom is -0.495 e. The fourth-order valence-electron chi connectivity index (χ4n) is 2.78. The normalized spacial score (nSPS) is 10.6. The maximum Gasteiger partial charge on any atom is 0.175 e. The molecule has 0 aromatic heterocycles. The fraction of sp³-hybridized carbons (Fsp3) is 0.182. The molecule has 4 nitrogen and oxygen atoms in total. The second-order valence-electron chi connectivity index (χ2n) is 6.35. The molecule has 0 aliphatic carbocycles. The summed E-state index contributed by atoms with van der Waals surface area (Å²) in [5.41, 5.74) is 2.80. The fourth-order valence-corrected chi connectivity index (χ4v) is 3.96. The summed E-state index contributed by atoms with van der Waals surface area (Å²) >= 11 is 21.8. The van der Waals surface area contributed by atoms with Gasteiger partial charge in [-0.2, -0.15) is 0 Å². The van der Waals surface area contributed by atoms with Crippen LogP contribution in [-0.4, -0.2) is 14.2 Å². The Bertz CT molecular complexity index is 1050. The largest absolute Gasteiger partial charge is 0.495 e. The molecule has 0 unspecified atom stereocenters. The topological polar surface area (TPSA) is 39.7 Å². The molecule has 0 fully saturated rings. The summed E-state index contributed by atoms with van der Waals surface area (Å²) in [4.78, 5) is 0. The van der Waals surface area contributed by atoms with Gasteiger partial charge in [-0.05, 0) is 69.5 Å². The molecule has 0 saturated carbocycles. The number of methoxy groups -OCH3 is 2. The van der Waals surface area contributed by atoms with E-state index in [2.05, 4.69) is 21.2 Å². The lowest BCUT2D eigenvalue weighted by Gasteiger charge is -2.15. The molecular formula is C22H19BrCl3NO3. The van der Waals surface area contributed by atoms with Crippen molar-refractivity contribution in [2.45, 2.75) is 13.2 Å². The number of hydrogen-bond acceptors (Lipinski definition) is 4. The molecule has 1 N–H and O–H groups in total. The van der Waals surface area contributed by atoms with Crippen molar-refractivity contribution in [3.05, 3.63) is 79.2 Å². The zero-order chi connectivity index (χ0) is 21.7. The Morgan fingerprint density at radius 2 is 1.57 bits per heavy atom. The van der Waals surface area contributed by atoms with Crippen molar-refractivity contribution in [2.75, 3.05) is 19.5 Å². The third-order valence-electron chi connectivity index (χ3n) is 4.30. The first-order chi connectivity index (χ1) is 14.4. The van der Waals surface area contributed by atoms with E-state index in [1.54, 1.807) is 26.4 Å². The highest BCUT2D eigenvalue weighted by Crippen LogP contribution is 2.38. The Kier molecular flexibility index (Phi) is 8.00. The van der Waals surface area contributed by atoms with Crippen LogP contribution in [0.5, 0.6) is 17.2 Å². The smallest absolute Gasteiger partial charge is 0.175 e. The summed E-state index contributed by atoms with van der Waals surface area (Å²) in [7, 11) is 3.19. The minimum absolute atomic E-state index is 0.327. The molecule has 3 aromatic rings. The third-order valence-corrected chi connectivity index (χ3v) is 5.93. The number of anilines is 1. The van der Waals surface area contributed by atoms with Crippen LogP contribution in [-0.2, 0) is 13.2 Å². The van der Waals surface area contributed by atoms with Crippen LogP contribution in [0.25, 0.3) is 0 Å². The van der Waals surface area contributed by atoms with Crippen LogP contribution in [0, 0.1) is 0 Å². The summed E-state index contributed by atoms with van der Waals surface area (Å²) in [6, 6.07) is 14.8. The standard InChI is InChI=1S/C22H19BrCl3NO3/c1-28-20-6-4-15(10-19(20)26)27-11-14-7-16(23)22(21(9-14)29-2)30-12-13-3-5-17(24)18(25)8-13/h3-10,27H,11-12H2,1-2H3. The van der Waals surface area contributed by atoms with Gasteiger partial charge in [0.15, 0.2) is 11.5 Å². The number of ether oxygens (including phenoxy) is 3. The maximum atomic E-state index is 6.18. The SMILES string of the molecule is COc1ccc(NCc2cc(Br)c(OCc3ccc(Cl)c(Cl)c3)c(OC)c2)cc1Cl. The van der Waals surface area contributed by atoms with Crippen LogP contribution in [0.15, 0.2) is 53.0 Å². The average molecular weight is 532 g/mol. The molecule has 0 aliphatic rings. The molecule has 0 aliphatic heterocycles. The van der Waals surface area contributed by atoms with Crippen LogP contribution < -0.4 is 19.5 Å². The van der Waals surface area contributed by atoms with E-state index in [4.69, 9.17) is 49.0 Å². The first-order valence-corrected chi connectivity index (χ1v) is 10.8. The van der Waals surface area contributed by atoms with Crippen molar-refractivity contribution >= 4 is 56.4 Å². The summed E-state index contributed by atoms with van der Waals surface area (Å²) < 4.78 is 17.5. The molecule has 0 bridgehead atoms. The number of nitrogens with one attached hydrogen (secondary N) is 1. The Labute approximate surface area is 199 Å². The maximum absolute atomic E-state index is 6.18. The number of rotatable bonds is 8. The monoisotopic (exact) mass is 529 g/mol. The molecule has 8 heteroatoms. The van der Waals surface area contributed by atoms with Crippen LogP contribution >= 0.6 is 50.7 Å². The molecule has 30 heavy (non-hydrogen) atoms. The predicted octanol–water partition coefficient (Wildman–Crippen LogP) is 7.62. The van der Waals surface area contributed by atoms with E-state index in [1.165, 1.54) is 0 Å². The van der Waals surface area contributed by atoms with Gasteiger partial charge < -0.3 is 19.5 Å². The van der Waals surface area contributed by atoms with Gasteiger partial charge >= 0.3 is 0 Å². The van der Waals surface area contributed by atoms with Gasteiger partial charge in [0, 0.05) is 12.2 Å². The summed E-state index contributed by atoms with van der Waals surface area (Å²) in [6.07, 6.45) is 0. The van der Waals surface area contributed by atoms with Crippen molar-refractivity contribution in [3.8, 4) is 17.2 Å². The predicted molar refractivity (Wildman–Crippen MR) is 127 cm³/mol. The zero-order valence-corrected chi connectivity index (χ0v) is 20.1. The second-order valence-corrected chi connectivity index (χ2v) is 8.42.